The van der Waals surface area contributed by atoms with Crippen LogP contribution in [0.4, 0.5) is 4.39 Å². The second-order valence-electron chi connectivity index (χ2n) is 5.47. The molecule has 2 aromatic rings. The Kier molecular flexibility index (Phi) is 6.33. The Hall–Kier alpha value is -1.93. The second-order valence-corrected chi connectivity index (χ2v) is 6.64. The number of rotatable bonds is 7. The molecule has 6 nitrogen and oxygen atoms in total. The molecule has 0 spiro atoms. The summed E-state index contributed by atoms with van der Waals surface area (Å²) >= 11 is 1.29. The summed E-state index contributed by atoms with van der Waals surface area (Å²) in [4.78, 5) is 13.8. The first-order valence-electron chi connectivity index (χ1n) is 7.76. The summed E-state index contributed by atoms with van der Waals surface area (Å²) in [6.07, 6.45) is 1.11. The fourth-order valence-corrected chi connectivity index (χ4v) is 3.40. The van der Waals surface area contributed by atoms with E-state index in [4.69, 9.17) is 5.73 Å². The number of nitrogens with two attached hydrogens (primary N) is 1. The summed E-state index contributed by atoms with van der Waals surface area (Å²) in [6.45, 7) is 2.31. The Morgan fingerprint density at radius 2 is 2.08 bits per heavy atom. The van der Waals surface area contributed by atoms with E-state index in [-0.39, 0.29) is 17.0 Å². The van der Waals surface area contributed by atoms with Crippen LogP contribution in [0.1, 0.15) is 19.2 Å². The van der Waals surface area contributed by atoms with E-state index in [1.165, 1.54) is 17.8 Å². The van der Waals surface area contributed by atoms with Crippen molar-refractivity contribution in [3.05, 3.63) is 35.9 Å². The van der Waals surface area contributed by atoms with Gasteiger partial charge in [0.25, 0.3) is 0 Å². The quantitative estimate of drug-likeness (QED) is 0.771. The molecule has 1 aromatic heterocycles. The predicted molar refractivity (Wildman–Crippen MR) is 92.7 cm³/mol. The molecule has 1 atom stereocenters. The van der Waals surface area contributed by atoms with E-state index in [2.05, 4.69) is 10.2 Å². The van der Waals surface area contributed by atoms with Crippen LogP contribution in [0.2, 0.25) is 0 Å². The standard InChI is InChI=1S/C16H22FN5OS/c1-4-13(15(23)21(2)3)24-16-20-19-14(9-10-18)22(16)12-8-6-5-7-11(12)17/h5-8,13H,4,9-10,18H2,1-3H3/t13-/m0/s1. The summed E-state index contributed by atoms with van der Waals surface area (Å²) in [5.74, 6) is 0.201. The SMILES string of the molecule is CC[C@H](Sc1nnc(CCN)n1-c1ccccc1F)C(=O)N(C)C. The molecule has 0 bridgehead atoms. The van der Waals surface area contributed by atoms with Gasteiger partial charge in [-0.15, -0.1) is 10.2 Å². The molecule has 1 amide bonds. The molecule has 0 saturated heterocycles. The van der Waals surface area contributed by atoms with Gasteiger partial charge in [0, 0.05) is 20.5 Å². The lowest BCUT2D eigenvalue weighted by atomic mass is 10.3. The maximum absolute atomic E-state index is 14.3. The van der Waals surface area contributed by atoms with Crippen LogP contribution in [0, 0.1) is 5.82 Å². The number of hydrogen-bond acceptors (Lipinski definition) is 5. The average Bonchev–Trinajstić information content (AvgIpc) is 2.95. The van der Waals surface area contributed by atoms with Crippen LogP contribution in [-0.2, 0) is 11.2 Å². The first-order chi connectivity index (χ1) is 11.5. The van der Waals surface area contributed by atoms with E-state index >= 15 is 0 Å². The van der Waals surface area contributed by atoms with Gasteiger partial charge in [0.1, 0.15) is 11.6 Å². The summed E-state index contributed by atoms with van der Waals surface area (Å²) in [6, 6.07) is 6.43. The second kappa shape index (κ2) is 8.25. The Labute approximate surface area is 145 Å². The molecule has 1 aromatic carbocycles. The zero-order chi connectivity index (χ0) is 17.7. The molecule has 0 fully saturated rings. The lowest BCUT2D eigenvalue weighted by Crippen LogP contribution is -2.31. The molecule has 1 heterocycles. The van der Waals surface area contributed by atoms with Crippen molar-refractivity contribution in [3.8, 4) is 5.69 Å². The third-order valence-electron chi connectivity index (χ3n) is 3.50. The van der Waals surface area contributed by atoms with Gasteiger partial charge in [0.05, 0.1) is 10.9 Å². The first kappa shape index (κ1) is 18.4. The number of aromatic nitrogens is 3. The lowest BCUT2D eigenvalue weighted by Gasteiger charge is -2.19. The lowest BCUT2D eigenvalue weighted by molar-refractivity contribution is -0.128. The van der Waals surface area contributed by atoms with Gasteiger partial charge in [-0.3, -0.25) is 9.36 Å². The minimum Gasteiger partial charge on any atom is -0.348 e. The van der Waals surface area contributed by atoms with E-state index in [0.29, 0.717) is 36.1 Å². The topological polar surface area (TPSA) is 77.0 Å². The van der Waals surface area contributed by atoms with E-state index < -0.39 is 0 Å². The van der Waals surface area contributed by atoms with Crippen molar-refractivity contribution in [3.63, 3.8) is 0 Å². The smallest absolute Gasteiger partial charge is 0.235 e. The summed E-state index contributed by atoms with van der Waals surface area (Å²) in [5.41, 5.74) is 5.99. The number of hydrogen-bond donors (Lipinski definition) is 1. The molecule has 0 radical (unpaired) electrons. The van der Waals surface area contributed by atoms with Gasteiger partial charge in [0.2, 0.25) is 5.91 Å². The molecule has 0 aliphatic heterocycles. The molecule has 0 unspecified atom stereocenters. The highest BCUT2D eigenvalue weighted by molar-refractivity contribution is 8.00. The Morgan fingerprint density at radius 1 is 1.38 bits per heavy atom. The number of nitrogens with zero attached hydrogens (tertiary/aromatic N) is 4. The monoisotopic (exact) mass is 351 g/mol. The Bertz CT molecular complexity index is 704. The van der Waals surface area contributed by atoms with Gasteiger partial charge in [-0.1, -0.05) is 30.8 Å². The van der Waals surface area contributed by atoms with Crippen molar-refractivity contribution < 1.29 is 9.18 Å². The Morgan fingerprint density at radius 3 is 2.67 bits per heavy atom. The number of carbonyl (C=O) groups excluding carboxylic acids is 1. The van der Waals surface area contributed by atoms with Crippen LogP contribution in [0.3, 0.4) is 0 Å². The fourth-order valence-electron chi connectivity index (χ4n) is 2.27. The number of thioether (sulfide) groups is 1. The van der Waals surface area contributed by atoms with Gasteiger partial charge >= 0.3 is 0 Å². The van der Waals surface area contributed by atoms with Crippen LogP contribution >= 0.6 is 11.8 Å². The van der Waals surface area contributed by atoms with Crippen molar-refractivity contribution in [1.82, 2.24) is 19.7 Å². The number of para-hydroxylation sites is 1. The largest absolute Gasteiger partial charge is 0.348 e. The van der Waals surface area contributed by atoms with E-state index in [1.54, 1.807) is 41.8 Å². The maximum Gasteiger partial charge on any atom is 0.235 e. The van der Waals surface area contributed by atoms with Crippen LogP contribution < -0.4 is 5.73 Å². The zero-order valence-corrected chi connectivity index (χ0v) is 14.9. The number of carbonyl (C=O) groups is 1. The van der Waals surface area contributed by atoms with Gasteiger partial charge in [0.15, 0.2) is 5.16 Å². The van der Waals surface area contributed by atoms with E-state index in [0.717, 1.165) is 0 Å². The Balaban J connectivity index is 2.44. The minimum atomic E-state index is -0.371. The van der Waals surface area contributed by atoms with E-state index in [9.17, 15) is 9.18 Å². The molecule has 0 saturated carbocycles. The molecular weight excluding hydrogens is 329 g/mol. The third kappa shape index (κ3) is 3.93. The zero-order valence-electron chi connectivity index (χ0n) is 14.1. The van der Waals surface area contributed by atoms with Crippen LogP contribution in [0.15, 0.2) is 29.4 Å². The number of benzene rings is 1. The van der Waals surface area contributed by atoms with Crippen molar-refractivity contribution >= 4 is 17.7 Å². The summed E-state index contributed by atoms with van der Waals surface area (Å²) < 4.78 is 15.9. The molecule has 0 aliphatic rings. The van der Waals surface area contributed by atoms with Gasteiger partial charge in [-0.25, -0.2) is 4.39 Å². The van der Waals surface area contributed by atoms with Crippen LogP contribution in [0.25, 0.3) is 5.69 Å². The summed E-state index contributed by atoms with van der Waals surface area (Å²) in [7, 11) is 3.43. The van der Waals surface area contributed by atoms with E-state index in [1.807, 2.05) is 6.92 Å². The van der Waals surface area contributed by atoms with Crippen molar-refractivity contribution in [1.29, 1.82) is 0 Å². The third-order valence-corrected chi connectivity index (χ3v) is 4.79. The normalized spacial score (nSPS) is 12.2. The van der Waals surface area contributed by atoms with Gasteiger partial charge < -0.3 is 10.6 Å². The first-order valence-corrected chi connectivity index (χ1v) is 8.64. The van der Waals surface area contributed by atoms with Crippen molar-refractivity contribution in [2.75, 3.05) is 20.6 Å². The van der Waals surface area contributed by atoms with Crippen LogP contribution in [0.5, 0.6) is 0 Å². The highest BCUT2D eigenvalue weighted by Crippen LogP contribution is 2.29. The molecule has 24 heavy (non-hydrogen) atoms. The van der Waals surface area contributed by atoms with Crippen molar-refractivity contribution in [2.45, 2.75) is 30.2 Å². The fraction of sp³-hybridized carbons (Fsp3) is 0.438. The molecule has 2 N–H and O–H groups in total. The number of halogens is 1. The minimum absolute atomic E-state index is 0.00837. The molecular formula is C16H22FN5OS. The maximum atomic E-state index is 14.3. The predicted octanol–water partition coefficient (Wildman–Crippen LogP) is 1.87. The summed E-state index contributed by atoms with van der Waals surface area (Å²) in [5, 5.41) is 8.49. The highest BCUT2D eigenvalue weighted by atomic mass is 32.2. The average molecular weight is 351 g/mol. The number of amides is 1. The highest BCUT2D eigenvalue weighted by Gasteiger charge is 2.25. The molecule has 0 aliphatic carbocycles. The van der Waals surface area contributed by atoms with Gasteiger partial charge in [-0.05, 0) is 25.1 Å². The molecule has 8 heteroatoms. The molecule has 130 valence electrons. The van der Waals surface area contributed by atoms with Crippen LogP contribution in [-0.4, -0.2) is 51.5 Å². The van der Waals surface area contributed by atoms with Gasteiger partial charge in [-0.2, -0.15) is 0 Å². The molecule has 2 rings (SSSR count). The van der Waals surface area contributed by atoms with Crippen molar-refractivity contribution in [2.24, 2.45) is 5.73 Å².